The zero-order chi connectivity index (χ0) is 51.4. The molecule has 0 aliphatic heterocycles. The molecule has 1 unspecified atom stereocenters. The van der Waals surface area contributed by atoms with E-state index in [1.807, 2.05) is 0 Å². The predicted octanol–water partition coefficient (Wildman–Crippen LogP) is 21.0. The van der Waals surface area contributed by atoms with Crippen LogP contribution in [-0.4, -0.2) is 37.2 Å². The first-order valence-corrected chi connectivity index (χ1v) is 31.1. The Morgan fingerprint density at radius 1 is 0.296 bits per heavy atom. The van der Waals surface area contributed by atoms with Crippen LogP contribution in [0.4, 0.5) is 0 Å². The van der Waals surface area contributed by atoms with Gasteiger partial charge in [0.1, 0.15) is 13.2 Å². The molecule has 0 N–H and O–H groups in total. The number of esters is 3. The number of unbranched alkanes of at least 4 members (excludes halogenated alkanes) is 38. The van der Waals surface area contributed by atoms with Gasteiger partial charge in [0.25, 0.3) is 0 Å². The molecule has 1 atom stereocenters. The van der Waals surface area contributed by atoms with E-state index in [0.29, 0.717) is 19.3 Å². The minimum Gasteiger partial charge on any atom is -0.462 e. The van der Waals surface area contributed by atoms with Crippen LogP contribution in [-0.2, 0) is 28.6 Å². The van der Waals surface area contributed by atoms with Crippen LogP contribution in [0.1, 0.15) is 329 Å². The molecular weight excluding hydrogens is 877 g/mol. The summed E-state index contributed by atoms with van der Waals surface area (Å²) in [6.07, 6.45) is 74.0. The van der Waals surface area contributed by atoms with E-state index < -0.39 is 6.10 Å². The Bertz CT molecular complexity index is 1230. The molecule has 0 rings (SSSR count). The Kier molecular flexibility index (Phi) is 57.7. The van der Waals surface area contributed by atoms with Gasteiger partial charge in [0.15, 0.2) is 6.10 Å². The number of hydrogen-bond donors (Lipinski definition) is 0. The van der Waals surface area contributed by atoms with Crippen molar-refractivity contribution in [3.05, 3.63) is 48.6 Å². The van der Waals surface area contributed by atoms with Crippen molar-refractivity contribution in [2.75, 3.05) is 13.2 Å². The second-order valence-corrected chi connectivity index (χ2v) is 21.0. The molecule has 0 heterocycles. The van der Waals surface area contributed by atoms with Gasteiger partial charge in [-0.3, -0.25) is 14.4 Å². The Morgan fingerprint density at radius 2 is 0.549 bits per heavy atom. The van der Waals surface area contributed by atoms with E-state index >= 15 is 0 Å². The third kappa shape index (κ3) is 58.1. The van der Waals surface area contributed by atoms with Gasteiger partial charge >= 0.3 is 17.9 Å². The second-order valence-electron chi connectivity index (χ2n) is 21.0. The van der Waals surface area contributed by atoms with Gasteiger partial charge in [-0.2, -0.15) is 0 Å². The maximum absolute atomic E-state index is 12.9. The van der Waals surface area contributed by atoms with Crippen LogP contribution >= 0.6 is 0 Å². The quantitative estimate of drug-likeness (QED) is 0.0261. The van der Waals surface area contributed by atoms with Crippen LogP contribution in [0, 0.1) is 0 Å². The Balaban J connectivity index is 4.18. The SMILES string of the molecule is CC/C=C\C/C=C\C/C=C\C/C=C\CCCCCCCCCCCCCCCCC(=O)OCC(COC(=O)CCCCCCCCCCCCCC)OC(=O)CCCCCCCCCCCCCCCC. The first kappa shape index (κ1) is 68.4. The molecule has 6 heteroatoms. The Labute approximate surface area is 441 Å². The summed E-state index contributed by atoms with van der Waals surface area (Å²) >= 11 is 0. The lowest BCUT2D eigenvalue weighted by atomic mass is 10.0. The lowest BCUT2D eigenvalue weighted by molar-refractivity contribution is -0.167. The summed E-state index contributed by atoms with van der Waals surface area (Å²) in [5.74, 6) is -0.847. The normalized spacial score (nSPS) is 12.3. The van der Waals surface area contributed by atoms with Crippen LogP contribution in [0.2, 0.25) is 0 Å². The van der Waals surface area contributed by atoms with Crippen LogP contribution in [0.25, 0.3) is 0 Å². The highest BCUT2D eigenvalue weighted by molar-refractivity contribution is 5.71. The van der Waals surface area contributed by atoms with Crippen LogP contribution in [0.15, 0.2) is 48.6 Å². The van der Waals surface area contributed by atoms with Crippen molar-refractivity contribution in [2.45, 2.75) is 335 Å². The minimum absolute atomic E-state index is 0.0669. The summed E-state index contributed by atoms with van der Waals surface area (Å²) in [5, 5.41) is 0. The molecule has 6 nitrogen and oxygen atoms in total. The van der Waals surface area contributed by atoms with Crippen molar-refractivity contribution in [3.63, 3.8) is 0 Å². The molecule has 0 aliphatic carbocycles. The average Bonchev–Trinajstić information content (AvgIpc) is 3.37. The van der Waals surface area contributed by atoms with Crippen molar-refractivity contribution < 1.29 is 28.6 Å². The summed E-state index contributed by atoms with van der Waals surface area (Å²) < 4.78 is 16.9. The maximum atomic E-state index is 12.9. The van der Waals surface area contributed by atoms with E-state index in [1.54, 1.807) is 0 Å². The molecule has 0 bridgehead atoms. The molecule has 0 aliphatic rings. The molecule has 0 fully saturated rings. The third-order valence-electron chi connectivity index (χ3n) is 13.8. The molecule has 0 amide bonds. The molecule has 0 aromatic heterocycles. The van der Waals surface area contributed by atoms with Crippen LogP contribution in [0.5, 0.6) is 0 Å². The molecule has 0 aromatic rings. The molecule has 0 saturated heterocycles. The predicted molar refractivity (Wildman–Crippen MR) is 307 cm³/mol. The van der Waals surface area contributed by atoms with E-state index in [2.05, 4.69) is 69.4 Å². The third-order valence-corrected chi connectivity index (χ3v) is 13.8. The second kappa shape index (κ2) is 59.9. The fourth-order valence-corrected chi connectivity index (χ4v) is 9.20. The van der Waals surface area contributed by atoms with E-state index in [-0.39, 0.29) is 31.1 Å². The topological polar surface area (TPSA) is 78.9 Å². The highest BCUT2D eigenvalue weighted by Gasteiger charge is 2.19. The zero-order valence-electron chi connectivity index (χ0n) is 47.5. The van der Waals surface area contributed by atoms with Crippen LogP contribution in [0.3, 0.4) is 0 Å². The van der Waals surface area contributed by atoms with Gasteiger partial charge < -0.3 is 14.2 Å². The standard InChI is InChI=1S/C65H118O6/c1-4-7-10-13-16-19-22-25-27-28-29-30-31-32-33-34-35-36-37-38-39-41-43-46-49-52-55-58-64(67)70-61-62(60-69-63(66)57-54-51-48-45-42-24-21-18-15-12-9-6-3)71-65(68)59-56-53-50-47-44-40-26-23-20-17-14-11-8-5-2/h7,10,16,19,25,27,29-30,62H,4-6,8-9,11-15,17-18,20-24,26,28,31-61H2,1-3H3/b10-7-,19-16-,27-25-,30-29-. The van der Waals surface area contributed by atoms with E-state index in [4.69, 9.17) is 14.2 Å². The van der Waals surface area contributed by atoms with Crippen molar-refractivity contribution in [3.8, 4) is 0 Å². The summed E-state index contributed by atoms with van der Waals surface area (Å²) in [6.45, 7) is 6.57. The number of carbonyl (C=O) groups is 3. The zero-order valence-corrected chi connectivity index (χ0v) is 47.5. The largest absolute Gasteiger partial charge is 0.462 e. The number of hydrogen-bond acceptors (Lipinski definition) is 6. The van der Waals surface area contributed by atoms with Crippen molar-refractivity contribution in [1.29, 1.82) is 0 Å². The highest BCUT2D eigenvalue weighted by atomic mass is 16.6. The Morgan fingerprint density at radius 3 is 0.859 bits per heavy atom. The minimum atomic E-state index is -0.768. The molecule has 0 aromatic carbocycles. The smallest absolute Gasteiger partial charge is 0.306 e. The molecule has 0 radical (unpaired) electrons. The first-order chi connectivity index (χ1) is 35.0. The number of ether oxygens (including phenoxy) is 3. The number of allylic oxidation sites excluding steroid dienone is 8. The van der Waals surface area contributed by atoms with Gasteiger partial charge in [0, 0.05) is 19.3 Å². The van der Waals surface area contributed by atoms with E-state index in [1.165, 1.54) is 205 Å². The fraction of sp³-hybridized carbons (Fsp3) is 0.831. The molecular formula is C65H118O6. The summed E-state index contributed by atoms with van der Waals surface area (Å²) in [6, 6.07) is 0. The lowest BCUT2D eigenvalue weighted by Crippen LogP contribution is -2.30. The van der Waals surface area contributed by atoms with Crippen molar-refractivity contribution in [2.24, 2.45) is 0 Å². The molecule has 0 spiro atoms. The van der Waals surface area contributed by atoms with Gasteiger partial charge in [-0.1, -0.05) is 301 Å². The van der Waals surface area contributed by atoms with Crippen molar-refractivity contribution in [1.82, 2.24) is 0 Å². The van der Waals surface area contributed by atoms with E-state index in [0.717, 1.165) is 83.5 Å². The van der Waals surface area contributed by atoms with E-state index in [9.17, 15) is 14.4 Å². The molecule has 0 saturated carbocycles. The number of carbonyl (C=O) groups excluding carboxylic acids is 3. The summed E-state index contributed by atoms with van der Waals surface area (Å²) in [5.41, 5.74) is 0. The summed E-state index contributed by atoms with van der Waals surface area (Å²) in [4.78, 5) is 38.2. The van der Waals surface area contributed by atoms with Crippen molar-refractivity contribution >= 4 is 17.9 Å². The fourth-order valence-electron chi connectivity index (χ4n) is 9.20. The first-order valence-electron chi connectivity index (χ1n) is 31.1. The van der Waals surface area contributed by atoms with Crippen LogP contribution < -0.4 is 0 Å². The average molecular weight is 996 g/mol. The van der Waals surface area contributed by atoms with Gasteiger partial charge in [-0.05, 0) is 57.8 Å². The molecule has 71 heavy (non-hydrogen) atoms. The lowest BCUT2D eigenvalue weighted by Gasteiger charge is -2.18. The van der Waals surface area contributed by atoms with Gasteiger partial charge in [0.2, 0.25) is 0 Å². The highest BCUT2D eigenvalue weighted by Crippen LogP contribution is 2.17. The van der Waals surface area contributed by atoms with Gasteiger partial charge in [-0.15, -0.1) is 0 Å². The Hall–Kier alpha value is -2.63. The van der Waals surface area contributed by atoms with Gasteiger partial charge in [0.05, 0.1) is 0 Å². The molecule has 414 valence electrons. The number of rotatable bonds is 57. The monoisotopic (exact) mass is 995 g/mol. The van der Waals surface area contributed by atoms with Gasteiger partial charge in [-0.25, -0.2) is 0 Å². The summed E-state index contributed by atoms with van der Waals surface area (Å²) in [7, 11) is 0. The maximum Gasteiger partial charge on any atom is 0.306 e.